The van der Waals surface area contributed by atoms with Gasteiger partial charge in [0, 0.05) is 37.7 Å². The Morgan fingerprint density at radius 2 is 1.61 bits per heavy atom. The van der Waals surface area contributed by atoms with Gasteiger partial charge in [0.2, 0.25) is 0 Å². The van der Waals surface area contributed by atoms with Crippen LogP contribution in [0.2, 0.25) is 15.1 Å². The Hall–Kier alpha value is -2.18. The summed E-state index contributed by atoms with van der Waals surface area (Å²) >= 11 is 19.3. The molecule has 1 aliphatic heterocycles. The van der Waals surface area contributed by atoms with Crippen molar-refractivity contribution in [3.8, 4) is 5.69 Å². The van der Waals surface area contributed by atoms with Crippen LogP contribution in [-0.2, 0) is 11.3 Å². The topological polar surface area (TPSA) is 42.3 Å². The molecular weight excluding hydrogens is 475 g/mol. The molecule has 0 bridgehead atoms. The number of imide groups is 1. The summed E-state index contributed by atoms with van der Waals surface area (Å²) in [4.78, 5) is 27.0. The zero-order chi connectivity index (χ0) is 22.3. The Bertz CT molecular complexity index is 1210. The average Bonchev–Trinajstić information content (AvgIpc) is 3.15. The van der Waals surface area contributed by atoms with Gasteiger partial charge in [-0.15, -0.1) is 0 Å². The van der Waals surface area contributed by atoms with Crippen LogP contribution in [0.1, 0.15) is 22.5 Å². The molecule has 2 amide bonds. The van der Waals surface area contributed by atoms with Crippen LogP contribution in [0, 0.1) is 13.8 Å². The summed E-state index contributed by atoms with van der Waals surface area (Å²) < 4.78 is 2.08. The molecular formula is C23H17Cl3N2O2S. The van der Waals surface area contributed by atoms with Crippen molar-refractivity contribution in [2.24, 2.45) is 0 Å². The van der Waals surface area contributed by atoms with Gasteiger partial charge in [0.1, 0.15) is 0 Å². The van der Waals surface area contributed by atoms with Crippen LogP contribution in [0.15, 0.2) is 53.4 Å². The molecule has 158 valence electrons. The predicted octanol–water partition coefficient (Wildman–Crippen LogP) is 7.29. The highest BCUT2D eigenvalue weighted by atomic mass is 35.5. The number of thioether (sulfide) groups is 1. The molecule has 0 N–H and O–H groups in total. The van der Waals surface area contributed by atoms with E-state index in [4.69, 9.17) is 34.8 Å². The molecule has 1 aromatic heterocycles. The molecule has 3 aromatic rings. The Morgan fingerprint density at radius 1 is 0.968 bits per heavy atom. The van der Waals surface area contributed by atoms with E-state index in [2.05, 4.69) is 4.57 Å². The molecule has 31 heavy (non-hydrogen) atoms. The van der Waals surface area contributed by atoms with Gasteiger partial charge in [-0.25, -0.2) is 0 Å². The van der Waals surface area contributed by atoms with Gasteiger partial charge < -0.3 is 4.57 Å². The van der Waals surface area contributed by atoms with E-state index >= 15 is 0 Å². The first-order valence-corrected chi connectivity index (χ1v) is 11.3. The van der Waals surface area contributed by atoms with Gasteiger partial charge in [0.15, 0.2) is 0 Å². The third-order valence-electron chi connectivity index (χ3n) is 5.09. The number of aryl methyl sites for hydroxylation is 1. The van der Waals surface area contributed by atoms with Gasteiger partial charge in [-0.3, -0.25) is 14.5 Å². The van der Waals surface area contributed by atoms with E-state index in [9.17, 15) is 9.59 Å². The number of hydrogen-bond donors (Lipinski definition) is 0. The molecule has 1 aliphatic rings. The van der Waals surface area contributed by atoms with E-state index in [0.29, 0.717) is 25.5 Å². The minimum atomic E-state index is -0.359. The fourth-order valence-corrected chi connectivity index (χ4v) is 5.01. The molecule has 2 aromatic carbocycles. The zero-order valence-electron chi connectivity index (χ0n) is 16.7. The zero-order valence-corrected chi connectivity index (χ0v) is 19.7. The molecule has 0 aliphatic carbocycles. The van der Waals surface area contributed by atoms with E-state index in [-0.39, 0.29) is 17.7 Å². The standard InChI is InChI=1S/C23H17Cl3N2O2S/c1-13-10-15(14(2)28(13)17-8-6-16(24)7-9-17)11-21-22(29)27(23(30)31-21)12-18-19(25)4-3-5-20(18)26/h3-11H,12H2,1-2H3/b21-11+. The fraction of sp³-hybridized carbons (Fsp3) is 0.130. The molecule has 4 rings (SSSR count). The van der Waals surface area contributed by atoms with Crippen molar-refractivity contribution >= 4 is 63.8 Å². The minimum Gasteiger partial charge on any atom is -0.318 e. The lowest BCUT2D eigenvalue weighted by Crippen LogP contribution is -2.27. The fourth-order valence-electron chi connectivity index (χ4n) is 3.54. The summed E-state index contributed by atoms with van der Waals surface area (Å²) in [5.41, 5.74) is 4.36. The van der Waals surface area contributed by atoms with E-state index < -0.39 is 0 Å². The quantitative estimate of drug-likeness (QED) is 0.360. The van der Waals surface area contributed by atoms with Crippen molar-refractivity contribution in [2.75, 3.05) is 0 Å². The van der Waals surface area contributed by atoms with Crippen LogP contribution < -0.4 is 0 Å². The minimum absolute atomic E-state index is 0.0321. The Balaban J connectivity index is 1.64. The molecule has 0 spiro atoms. The molecule has 2 heterocycles. The van der Waals surface area contributed by atoms with Crippen LogP contribution in [-0.4, -0.2) is 20.6 Å². The lowest BCUT2D eigenvalue weighted by Gasteiger charge is -2.14. The van der Waals surface area contributed by atoms with Crippen molar-refractivity contribution in [3.63, 3.8) is 0 Å². The Kier molecular flexibility index (Phi) is 6.22. The van der Waals surface area contributed by atoms with Crippen molar-refractivity contribution in [3.05, 3.63) is 91.0 Å². The number of nitrogens with zero attached hydrogens (tertiary/aromatic N) is 2. The van der Waals surface area contributed by atoms with Crippen LogP contribution in [0.3, 0.4) is 0 Å². The molecule has 4 nitrogen and oxygen atoms in total. The summed E-state index contributed by atoms with van der Waals surface area (Å²) in [6.07, 6.45) is 1.76. The number of aromatic nitrogens is 1. The van der Waals surface area contributed by atoms with Gasteiger partial charge in [-0.2, -0.15) is 0 Å². The number of carbonyl (C=O) groups excluding carboxylic acids is 2. The van der Waals surface area contributed by atoms with Gasteiger partial charge in [-0.05, 0) is 79.7 Å². The summed E-state index contributed by atoms with van der Waals surface area (Å²) in [7, 11) is 0. The number of benzene rings is 2. The van der Waals surface area contributed by atoms with E-state index in [1.165, 1.54) is 4.90 Å². The molecule has 1 saturated heterocycles. The maximum atomic E-state index is 13.0. The highest BCUT2D eigenvalue weighted by Crippen LogP contribution is 2.36. The second kappa shape index (κ2) is 8.75. The number of hydrogen-bond acceptors (Lipinski definition) is 3. The number of rotatable bonds is 4. The highest BCUT2D eigenvalue weighted by molar-refractivity contribution is 8.18. The van der Waals surface area contributed by atoms with Crippen LogP contribution in [0.4, 0.5) is 4.79 Å². The first kappa shape index (κ1) is 22.0. The second-order valence-electron chi connectivity index (χ2n) is 7.11. The van der Waals surface area contributed by atoms with Crippen molar-refractivity contribution in [2.45, 2.75) is 20.4 Å². The maximum absolute atomic E-state index is 13.0. The van der Waals surface area contributed by atoms with Crippen molar-refractivity contribution < 1.29 is 9.59 Å². The number of halogens is 3. The van der Waals surface area contributed by atoms with Crippen LogP contribution >= 0.6 is 46.6 Å². The SMILES string of the molecule is Cc1cc(/C=C2/SC(=O)N(Cc3c(Cl)cccc3Cl)C2=O)c(C)n1-c1ccc(Cl)cc1. The second-order valence-corrected chi connectivity index (χ2v) is 9.35. The smallest absolute Gasteiger partial charge is 0.293 e. The number of carbonyl (C=O) groups is 2. The third-order valence-corrected chi connectivity index (χ3v) is 6.96. The average molecular weight is 492 g/mol. The predicted molar refractivity (Wildman–Crippen MR) is 128 cm³/mol. The lowest BCUT2D eigenvalue weighted by molar-refractivity contribution is -0.123. The lowest BCUT2D eigenvalue weighted by atomic mass is 10.2. The van der Waals surface area contributed by atoms with Crippen molar-refractivity contribution in [1.82, 2.24) is 9.47 Å². The van der Waals surface area contributed by atoms with Gasteiger partial charge >= 0.3 is 0 Å². The van der Waals surface area contributed by atoms with Gasteiger partial charge in [-0.1, -0.05) is 40.9 Å². The molecule has 0 unspecified atom stereocenters. The molecule has 8 heteroatoms. The summed E-state index contributed by atoms with van der Waals surface area (Å²) in [5, 5.41) is 1.15. The van der Waals surface area contributed by atoms with Crippen LogP contribution in [0.5, 0.6) is 0 Å². The Morgan fingerprint density at radius 3 is 2.26 bits per heavy atom. The first-order chi connectivity index (χ1) is 14.8. The van der Waals surface area contributed by atoms with Gasteiger partial charge in [0.05, 0.1) is 11.4 Å². The van der Waals surface area contributed by atoms with Gasteiger partial charge in [0.25, 0.3) is 11.1 Å². The maximum Gasteiger partial charge on any atom is 0.293 e. The number of amides is 2. The molecule has 0 radical (unpaired) electrons. The third kappa shape index (κ3) is 4.28. The van der Waals surface area contributed by atoms with Crippen LogP contribution in [0.25, 0.3) is 11.8 Å². The van der Waals surface area contributed by atoms with E-state index in [0.717, 1.165) is 34.4 Å². The van der Waals surface area contributed by atoms with E-state index in [1.807, 2.05) is 44.2 Å². The first-order valence-electron chi connectivity index (χ1n) is 9.39. The summed E-state index contributed by atoms with van der Waals surface area (Å²) in [6, 6.07) is 14.6. The summed E-state index contributed by atoms with van der Waals surface area (Å²) in [5.74, 6) is -0.359. The Labute approximate surface area is 199 Å². The molecule has 1 fully saturated rings. The normalized spacial score (nSPS) is 15.4. The molecule has 0 atom stereocenters. The highest BCUT2D eigenvalue weighted by Gasteiger charge is 2.36. The summed E-state index contributed by atoms with van der Waals surface area (Å²) in [6.45, 7) is 4.00. The van der Waals surface area contributed by atoms with Crippen molar-refractivity contribution in [1.29, 1.82) is 0 Å². The molecule has 0 saturated carbocycles. The monoisotopic (exact) mass is 490 g/mol. The largest absolute Gasteiger partial charge is 0.318 e. The van der Waals surface area contributed by atoms with E-state index in [1.54, 1.807) is 24.3 Å².